The molecule has 2 N–H and O–H groups in total. The van der Waals surface area contributed by atoms with Crippen molar-refractivity contribution in [1.82, 2.24) is 0 Å². The maximum atomic E-state index is 13.1. The first-order valence-electron chi connectivity index (χ1n) is 4.22. The second kappa shape index (κ2) is 4.27. The van der Waals surface area contributed by atoms with E-state index in [1.54, 1.807) is 0 Å². The van der Waals surface area contributed by atoms with Crippen LogP contribution in [-0.4, -0.2) is 23.3 Å². The summed E-state index contributed by atoms with van der Waals surface area (Å²) in [6.45, 7) is 1.46. The fourth-order valence-corrected chi connectivity index (χ4v) is 1.14. The maximum Gasteiger partial charge on any atom is 0.339 e. The van der Waals surface area contributed by atoms with E-state index in [1.165, 1.54) is 6.92 Å². The third-order valence-electron chi connectivity index (χ3n) is 2.03. The molecule has 0 saturated heterocycles. The number of ether oxygens (including phenoxy) is 1. The van der Waals surface area contributed by atoms with E-state index in [4.69, 9.17) is 0 Å². The fraction of sp³-hybridized carbons (Fsp3) is 0.300. The quantitative estimate of drug-likeness (QED) is 0.722. The van der Waals surface area contributed by atoms with Crippen molar-refractivity contribution >= 4 is 5.97 Å². The number of carbonyl (C=O) groups is 1. The van der Waals surface area contributed by atoms with E-state index < -0.39 is 17.9 Å². The summed E-state index contributed by atoms with van der Waals surface area (Å²) in [5.74, 6) is -1.90. The molecule has 0 amide bonds. The normalized spacial score (nSPS) is 12.3. The lowest BCUT2D eigenvalue weighted by atomic mass is 10.1. The largest absolute Gasteiger partial charge is 0.508 e. The number of aliphatic hydroxyl groups excluding tert-OH is 1. The minimum Gasteiger partial charge on any atom is -0.508 e. The molecule has 1 unspecified atom stereocenters. The molecule has 0 saturated carbocycles. The van der Waals surface area contributed by atoms with Gasteiger partial charge in [0.15, 0.2) is 6.10 Å². The van der Waals surface area contributed by atoms with E-state index in [2.05, 4.69) is 4.74 Å². The summed E-state index contributed by atoms with van der Waals surface area (Å²) in [7, 11) is 1.09. The zero-order chi connectivity index (χ0) is 11.6. The van der Waals surface area contributed by atoms with Crippen molar-refractivity contribution in [2.24, 2.45) is 0 Å². The number of aliphatic hydroxyl groups is 1. The number of phenols is 1. The summed E-state index contributed by atoms with van der Waals surface area (Å²) in [5, 5.41) is 18.8. The van der Waals surface area contributed by atoms with Crippen LogP contribution in [0, 0.1) is 12.7 Å². The molecule has 0 heterocycles. The lowest BCUT2D eigenvalue weighted by Crippen LogP contribution is -2.14. The van der Waals surface area contributed by atoms with Crippen molar-refractivity contribution in [3.63, 3.8) is 0 Å². The number of hydrogen-bond acceptors (Lipinski definition) is 4. The van der Waals surface area contributed by atoms with Gasteiger partial charge in [-0.3, -0.25) is 0 Å². The topological polar surface area (TPSA) is 66.8 Å². The SMILES string of the molecule is COC(=O)C(O)c1cc(F)c(C)cc1O. The molecular formula is C10H11FO4. The number of halogens is 1. The maximum absolute atomic E-state index is 13.1. The van der Waals surface area contributed by atoms with Crippen LogP contribution in [0.3, 0.4) is 0 Å². The number of esters is 1. The van der Waals surface area contributed by atoms with Gasteiger partial charge >= 0.3 is 5.97 Å². The Kier molecular flexibility index (Phi) is 3.26. The molecule has 5 heteroatoms. The van der Waals surface area contributed by atoms with Crippen LogP contribution in [0.5, 0.6) is 5.75 Å². The van der Waals surface area contributed by atoms with E-state index in [-0.39, 0.29) is 16.9 Å². The Labute approximate surface area is 85.9 Å². The van der Waals surface area contributed by atoms with Gasteiger partial charge in [0.1, 0.15) is 11.6 Å². The standard InChI is InChI=1S/C10H11FO4/c1-5-3-8(12)6(4-7(5)11)9(13)10(14)15-2/h3-4,9,12-13H,1-2H3. The van der Waals surface area contributed by atoms with E-state index in [9.17, 15) is 19.4 Å². The third-order valence-corrected chi connectivity index (χ3v) is 2.03. The summed E-state index contributed by atoms with van der Waals surface area (Å²) in [6.07, 6.45) is -1.68. The molecule has 0 aliphatic rings. The minimum atomic E-state index is -1.68. The monoisotopic (exact) mass is 214 g/mol. The van der Waals surface area contributed by atoms with E-state index in [0.717, 1.165) is 19.2 Å². The van der Waals surface area contributed by atoms with E-state index in [0.29, 0.717) is 0 Å². The fourth-order valence-electron chi connectivity index (χ4n) is 1.14. The molecule has 1 rings (SSSR count). The molecule has 0 aliphatic carbocycles. The molecule has 82 valence electrons. The van der Waals surface area contributed by atoms with Crippen molar-refractivity contribution in [3.05, 3.63) is 29.1 Å². The number of carbonyl (C=O) groups excluding carboxylic acids is 1. The Morgan fingerprint density at radius 2 is 2.13 bits per heavy atom. The Hall–Kier alpha value is -1.62. The van der Waals surface area contributed by atoms with Crippen LogP contribution in [-0.2, 0) is 9.53 Å². The van der Waals surface area contributed by atoms with Crippen LogP contribution in [0.15, 0.2) is 12.1 Å². The van der Waals surface area contributed by atoms with Crippen LogP contribution in [0.4, 0.5) is 4.39 Å². The highest BCUT2D eigenvalue weighted by Gasteiger charge is 2.22. The second-order valence-electron chi connectivity index (χ2n) is 3.09. The molecule has 1 atom stereocenters. The first kappa shape index (κ1) is 11.5. The number of phenolic OH excluding ortho intramolecular Hbond substituents is 1. The molecule has 15 heavy (non-hydrogen) atoms. The Balaban J connectivity index is 3.14. The number of aromatic hydroxyl groups is 1. The molecule has 4 nitrogen and oxygen atoms in total. The van der Waals surface area contributed by atoms with Gasteiger partial charge in [0.05, 0.1) is 7.11 Å². The van der Waals surface area contributed by atoms with Crippen molar-refractivity contribution in [2.75, 3.05) is 7.11 Å². The lowest BCUT2D eigenvalue weighted by Gasteiger charge is -2.11. The van der Waals surface area contributed by atoms with Gasteiger partial charge < -0.3 is 14.9 Å². The van der Waals surface area contributed by atoms with Gasteiger partial charge in [-0.2, -0.15) is 0 Å². The predicted molar refractivity (Wildman–Crippen MR) is 49.8 cm³/mol. The average molecular weight is 214 g/mol. The summed E-state index contributed by atoms with van der Waals surface area (Å²) in [4.78, 5) is 11.0. The summed E-state index contributed by atoms with van der Waals surface area (Å²) in [5.41, 5.74) is 0.0262. The van der Waals surface area contributed by atoms with Crippen molar-refractivity contribution in [1.29, 1.82) is 0 Å². The number of rotatable bonds is 2. The van der Waals surface area contributed by atoms with Crippen LogP contribution < -0.4 is 0 Å². The van der Waals surface area contributed by atoms with E-state index >= 15 is 0 Å². The van der Waals surface area contributed by atoms with Crippen LogP contribution in [0.1, 0.15) is 17.2 Å². The number of benzene rings is 1. The number of hydrogen-bond donors (Lipinski definition) is 2. The highest BCUT2D eigenvalue weighted by atomic mass is 19.1. The molecule has 0 radical (unpaired) electrons. The molecule has 0 aromatic heterocycles. The highest BCUT2D eigenvalue weighted by Crippen LogP contribution is 2.27. The van der Waals surface area contributed by atoms with Gasteiger partial charge in [0, 0.05) is 5.56 Å². The molecule has 0 fully saturated rings. The minimum absolute atomic E-state index is 0.204. The predicted octanol–water partition coefficient (Wildman–Crippen LogP) is 1.05. The van der Waals surface area contributed by atoms with Crippen LogP contribution in [0.2, 0.25) is 0 Å². The molecule has 0 bridgehead atoms. The van der Waals surface area contributed by atoms with Crippen LogP contribution in [0.25, 0.3) is 0 Å². The summed E-state index contributed by atoms with van der Waals surface area (Å²) < 4.78 is 17.4. The highest BCUT2D eigenvalue weighted by molar-refractivity contribution is 5.77. The molecule has 0 aliphatic heterocycles. The average Bonchev–Trinajstić information content (AvgIpc) is 2.21. The Morgan fingerprint density at radius 1 is 1.53 bits per heavy atom. The van der Waals surface area contributed by atoms with Gasteiger partial charge in [0.2, 0.25) is 0 Å². The van der Waals surface area contributed by atoms with E-state index in [1.807, 2.05) is 0 Å². The third kappa shape index (κ3) is 2.24. The number of aryl methyl sites for hydroxylation is 1. The molecule has 0 spiro atoms. The summed E-state index contributed by atoms with van der Waals surface area (Å²) >= 11 is 0. The van der Waals surface area contributed by atoms with Crippen molar-refractivity contribution < 1.29 is 24.1 Å². The molecule has 1 aromatic rings. The van der Waals surface area contributed by atoms with Gasteiger partial charge in [-0.05, 0) is 24.6 Å². The molecule has 1 aromatic carbocycles. The van der Waals surface area contributed by atoms with Crippen molar-refractivity contribution in [3.8, 4) is 5.75 Å². The van der Waals surface area contributed by atoms with Gasteiger partial charge in [0.25, 0.3) is 0 Å². The van der Waals surface area contributed by atoms with Gasteiger partial charge in [-0.25, -0.2) is 9.18 Å². The van der Waals surface area contributed by atoms with Gasteiger partial charge in [-0.1, -0.05) is 0 Å². The van der Waals surface area contributed by atoms with Crippen molar-refractivity contribution in [2.45, 2.75) is 13.0 Å². The smallest absolute Gasteiger partial charge is 0.339 e. The Morgan fingerprint density at radius 3 is 2.67 bits per heavy atom. The number of methoxy groups -OCH3 is 1. The first-order chi connectivity index (χ1) is 6.97. The van der Waals surface area contributed by atoms with Gasteiger partial charge in [-0.15, -0.1) is 0 Å². The Bertz CT molecular complexity index is 389. The molecular weight excluding hydrogens is 203 g/mol. The summed E-state index contributed by atoms with van der Waals surface area (Å²) in [6, 6.07) is 2.04. The van der Waals surface area contributed by atoms with Crippen LogP contribution >= 0.6 is 0 Å². The zero-order valence-corrected chi connectivity index (χ0v) is 8.32. The lowest BCUT2D eigenvalue weighted by molar-refractivity contribution is -0.150. The first-order valence-corrected chi connectivity index (χ1v) is 4.22. The zero-order valence-electron chi connectivity index (χ0n) is 8.32. The second-order valence-corrected chi connectivity index (χ2v) is 3.09.